The van der Waals surface area contributed by atoms with E-state index in [9.17, 15) is 4.79 Å². The molecular weight excluding hydrogens is 166 g/mol. The smallest absolute Gasteiger partial charge is 0.187 e. The summed E-state index contributed by atoms with van der Waals surface area (Å²) in [6.07, 6.45) is 1.91. The van der Waals surface area contributed by atoms with Crippen molar-refractivity contribution >= 4 is 11.5 Å². The SMILES string of the molecule is CC1(C)[C@H]2CC[C@]1(C)C(=O)C2=NO. The highest BCUT2D eigenvalue weighted by atomic mass is 16.4. The topological polar surface area (TPSA) is 49.7 Å². The zero-order chi connectivity index (χ0) is 9.85. The molecule has 2 aliphatic rings. The van der Waals surface area contributed by atoms with Crippen LogP contribution in [-0.4, -0.2) is 16.7 Å². The second kappa shape index (κ2) is 2.14. The molecule has 0 amide bonds. The van der Waals surface area contributed by atoms with Crippen molar-refractivity contribution in [3.05, 3.63) is 0 Å². The maximum atomic E-state index is 11.8. The largest absolute Gasteiger partial charge is 0.411 e. The molecule has 0 spiro atoms. The quantitative estimate of drug-likeness (QED) is 0.458. The average molecular weight is 181 g/mol. The van der Waals surface area contributed by atoms with E-state index in [1.54, 1.807) is 0 Å². The second-order valence-electron chi connectivity index (χ2n) is 4.96. The summed E-state index contributed by atoms with van der Waals surface area (Å²) in [5.41, 5.74) is 0.0731. The van der Waals surface area contributed by atoms with Crippen LogP contribution in [0.2, 0.25) is 0 Å². The third kappa shape index (κ3) is 0.713. The first-order valence-electron chi connectivity index (χ1n) is 4.72. The molecule has 0 radical (unpaired) electrons. The minimum atomic E-state index is -0.292. The lowest BCUT2D eigenvalue weighted by atomic mass is 9.70. The van der Waals surface area contributed by atoms with E-state index in [1.807, 2.05) is 6.92 Å². The Morgan fingerprint density at radius 1 is 1.46 bits per heavy atom. The van der Waals surface area contributed by atoms with Crippen molar-refractivity contribution in [2.45, 2.75) is 33.6 Å². The fourth-order valence-electron chi connectivity index (χ4n) is 2.94. The molecule has 13 heavy (non-hydrogen) atoms. The number of carbonyl (C=O) groups is 1. The van der Waals surface area contributed by atoms with Crippen molar-refractivity contribution in [2.75, 3.05) is 0 Å². The van der Waals surface area contributed by atoms with Crippen LogP contribution < -0.4 is 0 Å². The fraction of sp³-hybridized carbons (Fsp3) is 0.800. The molecule has 1 N–H and O–H groups in total. The Hall–Kier alpha value is -0.860. The zero-order valence-corrected chi connectivity index (χ0v) is 8.29. The van der Waals surface area contributed by atoms with Crippen molar-refractivity contribution in [1.29, 1.82) is 0 Å². The van der Waals surface area contributed by atoms with Crippen molar-refractivity contribution in [1.82, 2.24) is 0 Å². The van der Waals surface area contributed by atoms with Crippen LogP contribution in [-0.2, 0) is 4.79 Å². The van der Waals surface area contributed by atoms with E-state index in [2.05, 4.69) is 19.0 Å². The number of hydrogen-bond acceptors (Lipinski definition) is 3. The lowest BCUT2D eigenvalue weighted by Crippen LogP contribution is -2.33. The number of nitrogens with zero attached hydrogens (tertiary/aromatic N) is 1. The monoisotopic (exact) mass is 181 g/mol. The molecule has 2 aliphatic carbocycles. The van der Waals surface area contributed by atoms with Gasteiger partial charge in [0.25, 0.3) is 0 Å². The van der Waals surface area contributed by atoms with Crippen molar-refractivity contribution in [3.8, 4) is 0 Å². The van der Waals surface area contributed by atoms with Crippen LogP contribution in [0.3, 0.4) is 0 Å². The number of oxime groups is 1. The Morgan fingerprint density at radius 2 is 2.08 bits per heavy atom. The maximum absolute atomic E-state index is 11.8. The summed E-state index contributed by atoms with van der Waals surface area (Å²) in [4.78, 5) is 11.8. The van der Waals surface area contributed by atoms with Crippen LogP contribution in [0.5, 0.6) is 0 Å². The van der Waals surface area contributed by atoms with Crippen molar-refractivity contribution in [2.24, 2.45) is 21.9 Å². The van der Waals surface area contributed by atoms with Gasteiger partial charge < -0.3 is 5.21 Å². The lowest BCUT2D eigenvalue weighted by molar-refractivity contribution is -0.123. The Balaban J connectivity index is 2.57. The van der Waals surface area contributed by atoms with Gasteiger partial charge in [-0.25, -0.2) is 0 Å². The summed E-state index contributed by atoms with van der Waals surface area (Å²) >= 11 is 0. The summed E-state index contributed by atoms with van der Waals surface area (Å²) in [6, 6.07) is 0. The van der Waals surface area contributed by atoms with E-state index in [0.717, 1.165) is 12.8 Å². The van der Waals surface area contributed by atoms with Gasteiger partial charge in [-0.15, -0.1) is 0 Å². The Bertz CT molecular complexity index is 306. The van der Waals surface area contributed by atoms with E-state index >= 15 is 0 Å². The van der Waals surface area contributed by atoms with E-state index in [0.29, 0.717) is 5.71 Å². The normalized spacial score (nSPS) is 44.7. The Kier molecular flexibility index (Phi) is 1.44. The minimum absolute atomic E-state index is 0.0361. The predicted octanol–water partition coefficient (Wildman–Crippen LogP) is 1.84. The summed E-state index contributed by atoms with van der Waals surface area (Å²) in [6.45, 7) is 6.19. The van der Waals surface area contributed by atoms with Crippen LogP contribution in [0.4, 0.5) is 0 Å². The van der Waals surface area contributed by atoms with Gasteiger partial charge in [0.1, 0.15) is 5.71 Å². The number of hydrogen-bond donors (Lipinski definition) is 1. The first-order valence-corrected chi connectivity index (χ1v) is 4.72. The molecule has 2 fully saturated rings. The lowest BCUT2D eigenvalue weighted by Gasteiger charge is -2.31. The van der Waals surface area contributed by atoms with Gasteiger partial charge >= 0.3 is 0 Å². The van der Waals surface area contributed by atoms with Crippen LogP contribution in [0, 0.1) is 16.7 Å². The molecule has 0 unspecified atom stereocenters. The third-order valence-electron chi connectivity index (χ3n) is 4.40. The van der Waals surface area contributed by atoms with Crippen LogP contribution in [0.15, 0.2) is 5.16 Å². The summed E-state index contributed by atoms with van der Waals surface area (Å²) in [5, 5.41) is 11.9. The summed E-state index contributed by atoms with van der Waals surface area (Å²) < 4.78 is 0. The van der Waals surface area contributed by atoms with E-state index in [4.69, 9.17) is 5.21 Å². The van der Waals surface area contributed by atoms with Crippen molar-refractivity contribution < 1.29 is 10.0 Å². The molecule has 0 saturated heterocycles. The van der Waals surface area contributed by atoms with E-state index in [1.165, 1.54) is 0 Å². The number of Topliss-reactive ketones (excluding diaryl/α,β-unsaturated/α-hetero) is 1. The summed E-state index contributed by atoms with van der Waals surface area (Å²) in [7, 11) is 0. The fourth-order valence-corrected chi connectivity index (χ4v) is 2.94. The number of fused-ring (bicyclic) bond motifs is 2. The molecule has 2 atom stereocenters. The van der Waals surface area contributed by atoms with Crippen LogP contribution in [0.1, 0.15) is 33.6 Å². The van der Waals surface area contributed by atoms with Gasteiger partial charge in [-0.1, -0.05) is 25.9 Å². The summed E-state index contributed by atoms with van der Waals surface area (Å²) in [5.74, 6) is 0.214. The first-order chi connectivity index (χ1) is 5.95. The number of rotatable bonds is 0. The van der Waals surface area contributed by atoms with Gasteiger partial charge in [0.15, 0.2) is 5.78 Å². The average Bonchev–Trinajstić information content (AvgIpc) is 2.36. The molecule has 2 bridgehead atoms. The molecule has 0 aromatic carbocycles. The number of carbonyl (C=O) groups excluding carboxylic acids is 1. The highest BCUT2D eigenvalue weighted by Crippen LogP contribution is 2.62. The molecule has 2 rings (SSSR count). The first kappa shape index (κ1) is 8.73. The molecule has 0 aromatic heterocycles. The van der Waals surface area contributed by atoms with Crippen LogP contribution >= 0.6 is 0 Å². The Morgan fingerprint density at radius 3 is 2.38 bits per heavy atom. The molecule has 0 aliphatic heterocycles. The highest BCUT2D eigenvalue weighted by molar-refractivity contribution is 6.45. The maximum Gasteiger partial charge on any atom is 0.187 e. The third-order valence-corrected chi connectivity index (χ3v) is 4.40. The second-order valence-corrected chi connectivity index (χ2v) is 4.96. The molecule has 0 heterocycles. The van der Waals surface area contributed by atoms with E-state index in [-0.39, 0.29) is 22.5 Å². The van der Waals surface area contributed by atoms with E-state index < -0.39 is 0 Å². The molecule has 2 saturated carbocycles. The molecular formula is C10H15NO2. The standard InChI is InChI=1S/C10H15NO2/c1-9(2)6-4-5-10(9,3)8(12)7(6)11-13/h6,13H,4-5H2,1-3H3/t6-,10+/m0/s1. The van der Waals surface area contributed by atoms with Crippen molar-refractivity contribution in [3.63, 3.8) is 0 Å². The van der Waals surface area contributed by atoms with Gasteiger partial charge in [-0.2, -0.15) is 0 Å². The molecule has 72 valence electrons. The molecule has 3 heteroatoms. The highest BCUT2D eigenvalue weighted by Gasteiger charge is 2.65. The number of ketones is 1. The van der Waals surface area contributed by atoms with Gasteiger partial charge in [-0.3, -0.25) is 4.79 Å². The molecule has 3 nitrogen and oxygen atoms in total. The van der Waals surface area contributed by atoms with Crippen LogP contribution in [0.25, 0.3) is 0 Å². The predicted molar refractivity (Wildman–Crippen MR) is 48.8 cm³/mol. The van der Waals surface area contributed by atoms with Gasteiger partial charge in [0.05, 0.1) is 0 Å². The minimum Gasteiger partial charge on any atom is -0.411 e. The Labute approximate surface area is 77.8 Å². The van der Waals surface area contributed by atoms with Gasteiger partial charge in [0.2, 0.25) is 0 Å². The van der Waals surface area contributed by atoms with Gasteiger partial charge in [-0.05, 0) is 18.3 Å². The zero-order valence-electron chi connectivity index (χ0n) is 8.29. The van der Waals surface area contributed by atoms with Gasteiger partial charge in [0, 0.05) is 11.3 Å². The molecule has 0 aromatic rings.